The normalized spacial score (nSPS) is 10.8. The van der Waals surface area contributed by atoms with Crippen LogP contribution in [0.4, 0.5) is 5.69 Å². The van der Waals surface area contributed by atoms with Gasteiger partial charge in [0.05, 0.1) is 6.61 Å². The van der Waals surface area contributed by atoms with Gasteiger partial charge in [-0.25, -0.2) is 0 Å². The Morgan fingerprint density at radius 1 is 0.960 bits per heavy atom. The van der Waals surface area contributed by atoms with Crippen LogP contribution in [0.25, 0.3) is 0 Å². The molecule has 0 aliphatic carbocycles. The minimum Gasteiger partial charge on any atom is -0.494 e. The zero-order valence-corrected chi connectivity index (χ0v) is 15.7. The van der Waals surface area contributed by atoms with Crippen LogP contribution < -0.4 is 10.1 Å². The van der Waals surface area contributed by atoms with Gasteiger partial charge < -0.3 is 15.0 Å². The lowest BCUT2D eigenvalue weighted by atomic mass is 10.2. The van der Waals surface area contributed by atoms with Crippen molar-refractivity contribution in [1.82, 2.24) is 4.90 Å². The van der Waals surface area contributed by atoms with Crippen molar-refractivity contribution in [3.05, 3.63) is 60.2 Å². The van der Waals surface area contributed by atoms with Gasteiger partial charge in [-0.3, -0.25) is 0 Å². The van der Waals surface area contributed by atoms with E-state index in [1.807, 2.05) is 6.07 Å². The summed E-state index contributed by atoms with van der Waals surface area (Å²) in [6, 6.07) is 18.9. The fourth-order valence-corrected chi connectivity index (χ4v) is 2.78. The fraction of sp³-hybridized carbons (Fsp3) is 0.455. The largest absolute Gasteiger partial charge is 0.494 e. The molecule has 0 aliphatic rings. The van der Waals surface area contributed by atoms with E-state index in [1.165, 1.54) is 24.8 Å². The Kier molecular flexibility index (Phi) is 8.92. The van der Waals surface area contributed by atoms with E-state index in [2.05, 4.69) is 72.7 Å². The maximum absolute atomic E-state index is 5.85. The first-order valence-electron chi connectivity index (χ1n) is 9.47. The number of anilines is 1. The van der Waals surface area contributed by atoms with Gasteiger partial charge in [0.15, 0.2) is 0 Å². The molecule has 0 unspecified atom stereocenters. The Hall–Kier alpha value is -2.00. The summed E-state index contributed by atoms with van der Waals surface area (Å²) < 4.78 is 5.85. The van der Waals surface area contributed by atoms with Gasteiger partial charge in [0, 0.05) is 31.4 Å². The summed E-state index contributed by atoms with van der Waals surface area (Å²) in [4.78, 5) is 2.33. The van der Waals surface area contributed by atoms with Crippen molar-refractivity contribution < 1.29 is 4.74 Å². The highest BCUT2D eigenvalue weighted by Gasteiger charge is 2.01. The molecular formula is C22H32N2O. The van der Waals surface area contributed by atoms with E-state index in [9.17, 15) is 0 Å². The van der Waals surface area contributed by atoms with Gasteiger partial charge in [-0.05, 0) is 31.2 Å². The molecule has 0 fully saturated rings. The topological polar surface area (TPSA) is 24.5 Å². The molecule has 3 heteroatoms. The maximum atomic E-state index is 5.85. The van der Waals surface area contributed by atoms with Crippen LogP contribution in [-0.4, -0.2) is 31.6 Å². The highest BCUT2D eigenvalue weighted by Crippen LogP contribution is 2.17. The Morgan fingerprint density at radius 2 is 1.80 bits per heavy atom. The SMILES string of the molecule is CCCCCCOc1cccc(NCCN(C)Cc2ccccc2)c1. The van der Waals surface area contributed by atoms with E-state index < -0.39 is 0 Å². The molecule has 0 aromatic heterocycles. The highest BCUT2D eigenvalue weighted by atomic mass is 16.5. The van der Waals surface area contributed by atoms with Crippen molar-refractivity contribution in [3.63, 3.8) is 0 Å². The Labute approximate surface area is 153 Å². The molecule has 3 nitrogen and oxygen atoms in total. The van der Waals surface area contributed by atoms with Crippen molar-refractivity contribution in [3.8, 4) is 5.75 Å². The van der Waals surface area contributed by atoms with Gasteiger partial charge >= 0.3 is 0 Å². The second kappa shape index (κ2) is 11.5. The number of ether oxygens (including phenoxy) is 1. The zero-order valence-electron chi connectivity index (χ0n) is 15.7. The first-order chi connectivity index (χ1) is 12.3. The van der Waals surface area contributed by atoms with Crippen molar-refractivity contribution in [2.45, 2.75) is 39.2 Å². The summed E-state index contributed by atoms with van der Waals surface area (Å²) >= 11 is 0. The molecule has 2 aromatic rings. The first-order valence-corrected chi connectivity index (χ1v) is 9.47. The molecule has 0 saturated heterocycles. The van der Waals surface area contributed by atoms with Crippen LogP contribution >= 0.6 is 0 Å². The number of unbranched alkanes of at least 4 members (excludes halogenated alkanes) is 3. The smallest absolute Gasteiger partial charge is 0.121 e. The number of nitrogens with one attached hydrogen (secondary N) is 1. The summed E-state index contributed by atoms with van der Waals surface area (Å²) in [5, 5.41) is 3.49. The summed E-state index contributed by atoms with van der Waals surface area (Å²) in [5.41, 5.74) is 2.47. The molecule has 0 aliphatic heterocycles. The number of hydrogen-bond acceptors (Lipinski definition) is 3. The first kappa shape index (κ1) is 19.3. The molecule has 0 bridgehead atoms. The average molecular weight is 341 g/mol. The van der Waals surface area contributed by atoms with Crippen LogP contribution in [-0.2, 0) is 6.54 Å². The third-order valence-electron chi connectivity index (χ3n) is 4.22. The second-order valence-corrected chi connectivity index (χ2v) is 6.59. The molecule has 0 radical (unpaired) electrons. The van der Waals surface area contributed by atoms with Gasteiger partial charge in [-0.15, -0.1) is 0 Å². The number of rotatable bonds is 12. The molecule has 136 valence electrons. The molecular weight excluding hydrogens is 308 g/mol. The fourth-order valence-electron chi connectivity index (χ4n) is 2.78. The predicted molar refractivity (Wildman–Crippen MR) is 107 cm³/mol. The van der Waals surface area contributed by atoms with Crippen LogP contribution in [0.1, 0.15) is 38.2 Å². The van der Waals surface area contributed by atoms with Crippen LogP contribution in [0.3, 0.4) is 0 Å². The summed E-state index contributed by atoms with van der Waals surface area (Å²) in [7, 11) is 2.16. The van der Waals surface area contributed by atoms with Gasteiger partial charge in [0.2, 0.25) is 0 Å². The molecule has 0 saturated carbocycles. The van der Waals surface area contributed by atoms with E-state index in [-0.39, 0.29) is 0 Å². The molecule has 25 heavy (non-hydrogen) atoms. The quantitative estimate of drug-likeness (QED) is 0.538. The van der Waals surface area contributed by atoms with Crippen LogP contribution in [0.15, 0.2) is 54.6 Å². The lowest BCUT2D eigenvalue weighted by Gasteiger charge is -2.17. The van der Waals surface area contributed by atoms with Crippen molar-refractivity contribution in [2.24, 2.45) is 0 Å². The van der Waals surface area contributed by atoms with Gasteiger partial charge in [-0.2, -0.15) is 0 Å². The van der Waals surface area contributed by atoms with Crippen molar-refractivity contribution in [2.75, 3.05) is 32.1 Å². The molecule has 0 heterocycles. The van der Waals surface area contributed by atoms with Crippen LogP contribution in [0.2, 0.25) is 0 Å². The predicted octanol–water partition coefficient (Wildman–Crippen LogP) is 5.19. The van der Waals surface area contributed by atoms with Crippen molar-refractivity contribution >= 4 is 5.69 Å². The Balaban J connectivity index is 1.67. The summed E-state index contributed by atoms with van der Waals surface area (Å²) in [5.74, 6) is 0.958. The third kappa shape index (κ3) is 8.08. The molecule has 0 amide bonds. The standard InChI is InChI=1S/C22H32N2O/c1-3-4-5-9-17-25-22-14-10-13-21(18-22)23-15-16-24(2)19-20-11-7-6-8-12-20/h6-8,10-14,18,23H,3-5,9,15-17,19H2,1-2H3. The third-order valence-corrected chi connectivity index (χ3v) is 4.22. The number of likely N-dealkylation sites (N-methyl/N-ethyl adjacent to an activating group) is 1. The van der Waals surface area contributed by atoms with E-state index in [1.54, 1.807) is 0 Å². The molecule has 2 rings (SSSR count). The van der Waals surface area contributed by atoms with Crippen molar-refractivity contribution in [1.29, 1.82) is 0 Å². The van der Waals surface area contributed by atoms with Gasteiger partial charge in [0.25, 0.3) is 0 Å². The molecule has 0 atom stereocenters. The lowest BCUT2D eigenvalue weighted by molar-refractivity contribution is 0.305. The van der Waals surface area contributed by atoms with E-state index in [4.69, 9.17) is 4.74 Å². The maximum Gasteiger partial charge on any atom is 0.121 e. The lowest BCUT2D eigenvalue weighted by Crippen LogP contribution is -2.24. The molecule has 0 spiro atoms. The summed E-state index contributed by atoms with van der Waals surface area (Å²) in [6.07, 6.45) is 4.94. The zero-order chi connectivity index (χ0) is 17.7. The average Bonchev–Trinajstić information content (AvgIpc) is 2.63. The minimum atomic E-state index is 0.809. The minimum absolute atomic E-state index is 0.809. The van der Waals surface area contributed by atoms with Crippen LogP contribution in [0.5, 0.6) is 5.75 Å². The molecule has 1 N–H and O–H groups in total. The number of nitrogens with zero attached hydrogens (tertiary/aromatic N) is 1. The monoisotopic (exact) mass is 340 g/mol. The van der Waals surface area contributed by atoms with E-state index >= 15 is 0 Å². The van der Waals surface area contributed by atoms with Gasteiger partial charge in [0.1, 0.15) is 5.75 Å². The Bertz CT molecular complexity index is 586. The van der Waals surface area contributed by atoms with Gasteiger partial charge in [-0.1, -0.05) is 62.6 Å². The highest BCUT2D eigenvalue weighted by molar-refractivity contribution is 5.48. The summed E-state index contributed by atoms with van der Waals surface area (Å²) in [6.45, 7) is 5.93. The molecule has 2 aromatic carbocycles. The number of hydrogen-bond donors (Lipinski definition) is 1. The van der Waals surface area contributed by atoms with E-state index in [0.717, 1.165) is 44.1 Å². The second-order valence-electron chi connectivity index (χ2n) is 6.59. The Morgan fingerprint density at radius 3 is 2.60 bits per heavy atom. The van der Waals surface area contributed by atoms with Crippen LogP contribution in [0, 0.1) is 0 Å². The number of benzene rings is 2. The van der Waals surface area contributed by atoms with E-state index in [0.29, 0.717) is 0 Å².